The molecule has 1 saturated carbocycles. The van der Waals surface area contributed by atoms with Gasteiger partial charge < -0.3 is 5.11 Å². The van der Waals surface area contributed by atoms with Crippen molar-refractivity contribution in [2.45, 2.75) is 32.1 Å². The lowest BCUT2D eigenvalue weighted by Gasteiger charge is -2.39. The van der Waals surface area contributed by atoms with Crippen LogP contribution in [-0.4, -0.2) is 11.1 Å². The fraction of sp³-hybridized carbons (Fsp3) is 0.421. The van der Waals surface area contributed by atoms with Crippen molar-refractivity contribution in [2.24, 2.45) is 17.8 Å². The van der Waals surface area contributed by atoms with E-state index in [1.165, 1.54) is 28.7 Å². The molecule has 2 heteroatoms. The molecule has 0 amide bonds. The molecule has 3 aliphatic rings. The number of fused-ring (bicyclic) bond motifs is 3. The summed E-state index contributed by atoms with van der Waals surface area (Å²) >= 11 is 0. The Morgan fingerprint density at radius 1 is 1.10 bits per heavy atom. The fourth-order valence-electron chi connectivity index (χ4n) is 4.38. The van der Waals surface area contributed by atoms with Crippen LogP contribution in [0.3, 0.4) is 0 Å². The highest BCUT2D eigenvalue weighted by atomic mass is 16.4. The average Bonchev–Trinajstić information content (AvgIpc) is 2.50. The zero-order valence-electron chi connectivity index (χ0n) is 12.1. The molecule has 108 valence electrons. The van der Waals surface area contributed by atoms with Crippen molar-refractivity contribution >= 4 is 12.0 Å². The lowest BCUT2D eigenvalue weighted by molar-refractivity contribution is -0.141. The molecule has 1 fully saturated rings. The van der Waals surface area contributed by atoms with Crippen LogP contribution in [0, 0.1) is 17.8 Å². The first-order valence-electron chi connectivity index (χ1n) is 7.96. The van der Waals surface area contributed by atoms with E-state index in [1.54, 1.807) is 0 Å². The van der Waals surface area contributed by atoms with Crippen LogP contribution in [0.2, 0.25) is 0 Å². The maximum Gasteiger partial charge on any atom is 0.310 e. The number of carbonyl (C=O) groups is 1. The van der Waals surface area contributed by atoms with E-state index in [0.717, 1.165) is 25.7 Å². The second kappa shape index (κ2) is 4.87. The third-order valence-electron chi connectivity index (χ3n) is 5.43. The molecule has 0 aromatic heterocycles. The Kier molecular flexibility index (Phi) is 2.99. The summed E-state index contributed by atoms with van der Waals surface area (Å²) in [5, 5.41) is 9.47. The number of carboxylic acids is 1. The minimum atomic E-state index is -0.638. The standard InChI is InChI=1S/C19H20O2/c20-19(21)17-7-3-6-14-10-15-8-12-4-1-2-5-13(12)9-16(15)11-18(14)17/h1-2,4-5,9,11,14-15,17H,3,6-8,10H2,(H,20,21). The minimum absolute atomic E-state index is 0.247. The molecule has 3 unspecified atom stereocenters. The summed E-state index contributed by atoms with van der Waals surface area (Å²) in [6.45, 7) is 0. The van der Waals surface area contributed by atoms with Gasteiger partial charge in [0.25, 0.3) is 0 Å². The van der Waals surface area contributed by atoms with Crippen LogP contribution in [0.4, 0.5) is 0 Å². The smallest absolute Gasteiger partial charge is 0.310 e. The Balaban J connectivity index is 1.76. The van der Waals surface area contributed by atoms with Crippen molar-refractivity contribution in [2.75, 3.05) is 0 Å². The van der Waals surface area contributed by atoms with Crippen molar-refractivity contribution in [3.8, 4) is 0 Å². The number of rotatable bonds is 1. The van der Waals surface area contributed by atoms with E-state index in [0.29, 0.717) is 11.8 Å². The molecule has 0 spiro atoms. The zero-order valence-corrected chi connectivity index (χ0v) is 12.1. The van der Waals surface area contributed by atoms with Gasteiger partial charge in [0.1, 0.15) is 0 Å². The summed E-state index contributed by atoms with van der Waals surface area (Å²) in [6.07, 6.45) is 9.79. The lowest BCUT2D eigenvalue weighted by atomic mass is 9.65. The van der Waals surface area contributed by atoms with E-state index in [9.17, 15) is 9.90 Å². The van der Waals surface area contributed by atoms with Gasteiger partial charge in [0.05, 0.1) is 5.92 Å². The van der Waals surface area contributed by atoms with E-state index < -0.39 is 5.97 Å². The monoisotopic (exact) mass is 280 g/mol. The van der Waals surface area contributed by atoms with E-state index in [1.807, 2.05) is 0 Å². The third kappa shape index (κ3) is 2.14. The van der Waals surface area contributed by atoms with Gasteiger partial charge in [0.2, 0.25) is 0 Å². The molecule has 0 bridgehead atoms. The van der Waals surface area contributed by atoms with Crippen molar-refractivity contribution in [1.82, 2.24) is 0 Å². The van der Waals surface area contributed by atoms with Crippen molar-refractivity contribution < 1.29 is 9.90 Å². The predicted octanol–water partition coefficient (Wildman–Crippen LogP) is 4.07. The van der Waals surface area contributed by atoms with E-state index in [-0.39, 0.29) is 5.92 Å². The molecular formula is C19H20O2. The Morgan fingerprint density at radius 3 is 2.81 bits per heavy atom. The summed E-state index contributed by atoms with van der Waals surface area (Å²) in [5.74, 6) is 0.192. The number of hydrogen-bond acceptors (Lipinski definition) is 1. The van der Waals surface area contributed by atoms with Crippen molar-refractivity contribution in [3.63, 3.8) is 0 Å². The Bertz CT molecular complexity index is 653. The third-order valence-corrected chi connectivity index (χ3v) is 5.43. The van der Waals surface area contributed by atoms with Crippen LogP contribution >= 0.6 is 0 Å². The molecule has 1 aromatic carbocycles. The molecule has 21 heavy (non-hydrogen) atoms. The van der Waals surface area contributed by atoms with E-state index >= 15 is 0 Å². The molecule has 0 heterocycles. The summed E-state index contributed by atoms with van der Waals surface area (Å²) in [5.41, 5.74) is 5.29. The van der Waals surface area contributed by atoms with Gasteiger partial charge in [-0.2, -0.15) is 0 Å². The molecule has 0 aliphatic heterocycles. The molecule has 4 rings (SSSR count). The summed E-state index contributed by atoms with van der Waals surface area (Å²) < 4.78 is 0. The Hall–Kier alpha value is -1.83. The first-order valence-corrected chi connectivity index (χ1v) is 7.96. The highest BCUT2D eigenvalue weighted by Gasteiger charge is 2.37. The zero-order chi connectivity index (χ0) is 14.4. The number of allylic oxidation sites excluding steroid dienone is 2. The quantitative estimate of drug-likeness (QED) is 0.842. The molecule has 0 saturated heterocycles. The maximum atomic E-state index is 11.5. The predicted molar refractivity (Wildman–Crippen MR) is 82.8 cm³/mol. The molecule has 2 nitrogen and oxygen atoms in total. The summed E-state index contributed by atoms with van der Waals surface area (Å²) in [4.78, 5) is 11.5. The highest BCUT2D eigenvalue weighted by Crippen LogP contribution is 2.46. The second-order valence-corrected chi connectivity index (χ2v) is 6.64. The van der Waals surface area contributed by atoms with E-state index in [4.69, 9.17) is 0 Å². The SMILES string of the molecule is O=C(O)C1CCCC2CC3Cc4ccccc4C=C3C=C21. The number of benzene rings is 1. The van der Waals surface area contributed by atoms with Gasteiger partial charge in [-0.1, -0.05) is 48.4 Å². The second-order valence-electron chi connectivity index (χ2n) is 6.64. The van der Waals surface area contributed by atoms with Gasteiger partial charge in [-0.05, 0) is 54.2 Å². The highest BCUT2D eigenvalue weighted by molar-refractivity contribution is 5.75. The fourth-order valence-corrected chi connectivity index (χ4v) is 4.38. The van der Waals surface area contributed by atoms with Gasteiger partial charge in [0, 0.05) is 0 Å². The summed E-state index contributed by atoms with van der Waals surface area (Å²) in [7, 11) is 0. The van der Waals surface area contributed by atoms with Crippen LogP contribution in [0.5, 0.6) is 0 Å². The van der Waals surface area contributed by atoms with Crippen LogP contribution < -0.4 is 0 Å². The van der Waals surface area contributed by atoms with Gasteiger partial charge in [-0.25, -0.2) is 0 Å². The topological polar surface area (TPSA) is 37.3 Å². The van der Waals surface area contributed by atoms with Gasteiger partial charge in [0.15, 0.2) is 0 Å². The minimum Gasteiger partial charge on any atom is -0.481 e. The molecule has 1 aromatic rings. The normalized spacial score (nSPS) is 30.4. The number of carboxylic acid groups (broad SMARTS) is 1. The summed E-state index contributed by atoms with van der Waals surface area (Å²) in [6, 6.07) is 8.58. The van der Waals surface area contributed by atoms with E-state index in [2.05, 4.69) is 36.4 Å². The number of aliphatic carboxylic acids is 1. The van der Waals surface area contributed by atoms with Crippen molar-refractivity contribution in [1.29, 1.82) is 0 Å². The van der Waals surface area contributed by atoms with Gasteiger partial charge >= 0.3 is 5.97 Å². The lowest BCUT2D eigenvalue weighted by Crippen LogP contribution is -2.31. The van der Waals surface area contributed by atoms with Crippen LogP contribution in [0.1, 0.15) is 36.8 Å². The molecule has 0 radical (unpaired) electrons. The van der Waals surface area contributed by atoms with Crippen LogP contribution in [0.15, 0.2) is 41.5 Å². The van der Waals surface area contributed by atoms with Crippen LogP contribution in [-0.2, 0) is 11.2 Å². The average molecular weight is 280 g/mol. The van der Waals surface area contributed by atoms with Gasteiger partial charge in [-0.3, -0.25) is 4.79 Å². The Labute approximate surface area is 125 Å². The Morgan fingerprint density at radius 2 is 1.95 bits per heavy atom. The first kappa shape index (κ1) is 12.9. The van der Waals surface area contributed by atoms with Crippen LogP contribution in [0.25, 0.3) is 6.08 Å². The molecule has 3 atom stereocenters. The molecular weight excluding hydrogens is 260 g/mol. The first-order chi connectivity index (χ1) is 10.2. The van der Waals surface area contributed by atoms with Crippen molar-refractivity contribution in [3.05, 3.63) is 52.6 Å². The molecule has 1 N–H and O–H groups in total. The largest absolute Gasteiger partial charge is 0.481 e. The van der Waals surface area contributed by atoms with Gasteiger partial charge in [-0.15, -0.1) is 0 Å². The number of hydrogen-bond donors (Lipinski definition) is 1. The molecule has 3 aliphatic carbocycles. The maximum absolute atomic E-state index is 11.5.